The van der Waals surface area contributed by atoms with Gasteiger partial charge in [-0.05, 0) is 36.1 Å². The van der Waals surface area contributed by atoms with Gasteiger partial charge in [0.15, 0.2) is 0 Å². The Morgan fingerprint density at radius 1 is 0.759 bits per heavy atom. The third kappa shape index (κ3) is 4.71. The van der Waals surface area contributed by atoms with Gasteiger partial charge in [0, 0.05) is 11.1 Å². The Hall–Kier alpha value is -2.99. The van der Waals surface area contributed by atoms with E-state index in [1.165, 1.54) is 22.9 Å². The summed E-state index contributed by atoms with van der Waals surface area (Å²) in [5.41, 5.74) is 5.50. The van der Waals surface area contributed by atoms with E-state index in [0.717, 1.165) is 34.7 Å². The van der Waals surface area contributed by atoms with Crippen molar-refractivity contribution in [3.05, 3.63) is 77.7 Å². The molecule has 0 aliphatic carbocycles. The van der Waals surface area contributed by atoms with Crippen molar-refractivity contribution in [1.82, 2.24) is 20.3 Å². The molecule has 2 heterocycles. The predicted molar refractivity (Wildman–Crippen MR) is 116 cm³/mol. The van der Waals surface area contributed by atoms with Crippen LogP contribution in [-0.2, 0) is 18.6 Å². The van der Waals surface area contributed by atoms with Gasteiger partial charge in [0.25, 0.3) is 0 Å². The van der Waals surface area contributed by atoms with E-state index in [9.17, 15) is 0 Å². The van der Waals surface area contributed by atoms with Crippen molar-refractivity contribution in [2.45, 2.75) is 37.5 Å². The second kappa shape index (κ2) is 9.01. The molecule has 0 amide bonds. The molecular weight excluding hydrogens is 380 g/mol. The second-order valence-electron chi connectivity index (χ2n) is 6.66. The fourth-order valence-corrected chi connectivity index (χ4v) is 3.57. The van der Waals surface area contributed by atoms with Crippen molar-refractivity contribution in [2.24, 2.45) is 0 Å². The third-order valence-corrected chi connectivity index (χ3v) is 5.63. The first-order valence-electron chi connectivity index (χ1n) is 9.73. The standard InChI is InChI=1S/C23H22N4OS/c1-3-16-5-9-18(10-6-16)20-13-14-22(26-25-20)29-15-21-24-23(27-28-21)19-11-7-17(4-2)8-12-19/h5-14H,3-4,15H2,1-2H3. The summed E-state index contributed by atoms with van der Waals surface area (Å²) in [6.07, 6.45) is 2.04. The highest BCUT2D eigenvalue weighted by molar-refractivity contribution is 7.98. The minimum absolute atomic E-state index is 0.555. The zero-order valence-electron chi connectivity index (χ0n) is 16.5. The highest BCUT2D eigenvalue weighted by Crippen LogP contribution is 2.24. The van der Waals surface area contributed by atoms with E-state index >= 15 is 0 Å². The molecule has 0 aliphatic rings. The average molecular weight is 403 g/mol. The summed E-state index contributed by atoms with van der Waals surface area (Å²) in [5.74, 6) is 1.74. The lowest BCUT2D eigenvalue weighted by Crippen LogP contribution is -1.91. The van der Waals surface area contributed by atoms with E-state index in [0.29, 0.717) is 17.5 Å². The van der Waals surface area contributed by atoms with Crippen molar-refractivity contribution in [3.8, 4) is 22.6 Å². The number of nitrogens with zero attached hydrogens (tertiary/aromatic N) is 4. The van der Waals surface area contributed by atoms with Crippen LogP contribution in [0.3, 0.4) is 0 Å². The summed E-state index contributed by atoms with van der Waals surface area (Å²) < 4.78 is 5.38. The number of thioether (sulfide) groups is 1. The number of hydrogen-bond donors (Lipinski definition) is 0. The molecule has 0 N–H and O–H groups in total. The van der Waals surface area contributed by atoms with Gasteiger partial charge >= 0.3 is 0 Å². The van der Waals surface area contributed by atoms with Crippen LogP contribution in [0.4, 0.5) is 0 Å². The molecule has 2 aromatic heterocycles. The van der Waals surface area contributed by atoms with Crippen LogP contribution >= 0.6 is 11.8 Å². The number of hydrogen-bond acceptors (Lipinski definition) is 6. The molecule has 0 unspecified atom stereocenters. The maximum Gasteiger partial charge on any atom is 0.237 e. The molecule has 0 saturated heterocycles. The predicted octanol–water partition coefficient (Wildman–Crippen LogP) is 5.61. The summed E-state index contributed by atoms with van der Waals surface area (Å²) in [7, 11) is 0. The van der Waals surface area contributed by atoms with Crippen LogP contribution in [0.15, 0.2) is 70.2 Å². The van der Waals surface area contributed by atoms with Crippen LogP contribution in [0.1, 0.15) is 30.9 Å². The third-order valence-electron chi connectivity index (χ3n) is 4.73. The molecule has 29 heavy (non-hydrogen) atoms. The number of benzene rings is 2. The molecule has 0 spiro atoms. The number of rotatable bonds is 7. The SMILES string of the molecule is CCc1ccc(-c2ccc(SCc3nc(-c4ccc(CC)cc4)no3)nn2)cc1. The highest BCUT2D eigenvalue weighted by Gasteiger charge is 2.10. The van der Waals surface area contributed by atoms with Crippen LogP contribution in [0.25, 0.3) is 22.6 Å². The molecule has 6 heteroatoms. The quantitative estimate of drug-likeness (QED) is 0.374. The van der Waals surface area contributed by atoms with Crippen LogP contribution in [0.2, 0.25) is 0 Å². The minimum atomic E-state index is 0.555. The monoisotopic (exact) mass is 402 g/mol. The van der Waals surface area contributed by atoms with Crippen molar-refractivity contribution < 1.29 is 4.52 Å². The average Bonchev–Trinajstić information content (AvgIpc) is 3.27. The van der Waals surface area contributed by atoms with Crippen molar-refractivity contribution >= 4 is 11.8 Å². The van der Waals surface area contributed by atoms with Crippen molar-refractivity contribution in [2.75, 3.05) is 0 Å². The molecule has 0 radical (unpaired) electrons. The zero-order chi connectivity index (χ0) is 20.1. The van der Waals surface area contributed by atoms with Gasteiger partial charge in [-0.3, -0.25) is 0 Å². The lowest BCUT2D eigenvalue weighted by molar-refractivity contribution is 0.391. The Morgan fingerprint density at radius 2 is 1.41 bits per heavy atom. The van der Waals surface area contributed by atoms with Crippen LogP contribution in [-0.4, -0.2) is 20.3 Å². The van der Waals surface area contributed by atoms with Gasteiger partial charge in [0.1, 0.15) is 5.03 Å². The lowest BCUT2D eigenvalue weighted by Gasteiger charge is -2.03. The highest BCUT2D eigenvalue weighted by atomic mass is 32.2. The van der Waals surface area contributed by atoms with E-state index in [2.05, 4.69) is 70.6 Å². The first-order valence-corrected chi connectivity index (χ1v) is 10.7. The molecule has 146 valence electrons. The fourth-order valence-electron chi connectivity index (χ4n) is 2.92. The van der Waals surface area contributed by atoms with E-state index in [-0.39, 0.29) is 0 Å². The molecule has 0 fully saturated rings. The zero-order valence-corrected chi connectivity index (χ0v) is 17.3. The molecule has 0 aliphatic heterocycles. The Balaban J connectivity index is 1.38. The Morgan fingerprint density at radius 3 is 2.00 bits per heavy atom. The van der Waals surface area contributed by atoms with Gasteiger partial charge in [-0.25, -0.2) is 0 Å². The van der Waals surface area contributed by atoms with Gasteiger partial charge in [-0.2, -0.15) is 4.98 Å². The van der Waals surface area contributed by atoms with Crippen molar-refractivity contribution in [3.63, 3.8) is 0 Å². The first kappa shape index (κ1) is 19.3. The normalized spacial score (nSPS) is 11.0. The smallest absolute Gasteiger partial charge is 0.237 e. The van der Waals surface area contributed by atoms with Gasteiger partial charge in [-0.1, -0.05) is 79.3 Å². The fraction of sp³-hybridized carbons (Fsp3) is 0.217. The van der Waals surface area contributed by atoms with E-state index in [1.54, 1.807) is 0 Å². The van der Waals surface area contributed by atoms with Gasteiger partial charge < -0.3 is 4.52 Å². The molecule has 0 bridgehead atoms. The summed E-state index contributed by atoms with van der Waals surface area (Å²) in [4.78, 5) is 4.49. The maximum atomic E-state index is 5.38. The lowest BCUT2D eigenvalue weighted by atomic mass is 10.1. The Kier molecular flexibility index (Phi) is 6.00. The van der Waals surface area contributed by atoms with Gasteiger partial charge in [0.2, 0.25) is 11.7 Å². The molecule has 0 saturated carbocycles. The number of aromatic nitrogens is 4. The minimum Gasteiger partial charge on any atom is -0.338 e. The largest absolute Gasteiger partial charge is 0.338 e. The van der Waals surface area contributed by atoms with E-state index < -0.39 is 0 Å². The van der Waals surface area contributed by atoms with E-state index in [4.69, 9.17) is 4.52 Å². The molecule has 4 rings (SSSR count). The van der Waals surface area contributed by atoms with Gasteiger partial charge in [-0.15, -0.1) is 10.2 Å². The van der Waals surface area contributed by atoms with Gasteiger partial charge in [0.05, 0.1) is 11.4 Å². The topological polar surface area (TPSA) is 64.7 Å². The summed E-state index contributed by atoms with van der Waals surface area (Å²) in [6, 6.07) is 20.6. The number of aryl methyl sites for hydroxylation is 2. The van der Waals surface area contributed by atoms with Crippen LogP contribution < -0.4 is 0 Å². The summed E-state index contributed by atoms with van der Waals surface area (Å²) in [6.45, 7) is 4.28. The molecule has 4 aromatic rings. The summed E-state index contributed by atoms with van der Waals surface area (Å²) >= 11 is 1.53. The van der Waals surface area contributed by atoms with Crippen LogP contribution in [0, 0.1) is 0 Å². The van der Waals surface area contributed by atoms with E-state index in [1.807, 2.05) is 24.3 Å². The van der Waals surface area contributed by atoms with Crippen molar-refractivity contribution in [1.29, 1.82) is 0 Å². The molecule has 0 atom stereocenters. The Bertz CT molecular complexity index is 1060. The second-order valence-corrected chi connectivity index (χ2v) is 7.65. The Labute approximate surface area is 174 Å². The summed E-state index contributed by atoms with van der Waals surface area (Å²) in [5, 5.41) is 13.6. The molecule has 5 nitrogen and oxygen atoms in total. The van der Waals surface area contributed by atoms with Crippen LogP contribution in [0.5, 0.6) is 0 Å². The maximum absolute atomic E-state index is 5.38. The molecular formula is C23H22N4OS. The first-order chi connectivity index (χ1) is 14.2. The molecule has 2 aromatic carbocycles.